The molecule has 0 radical (unpaired) electrons. The molecule has 2 rings (SSSR count). The molecule has 7 heteroatoms. The second-order valence-corrected chi connectivity index (χ2v) is 5.83. The highest BCUT2D eigenvalue weighted by molar-refractivity contribution is 6.30. The molecule has 0 aliphatic carbocycles. The van der Waals surface area contributed by atoms with Gasteiger partial charge in [-0.25, -0.2) is 4.79 Å². The third-order valence-corrected chi connectivity index (χ3v) is 4.18. The fourth-order valence-corrected chi connectivity index (χ4v) is 3.00. The van der Waals surface area contributed by atoms with Crippen molar-refractivity contribution in [3.05, 3.63) is 28.8 Å². The van der Waals surface area contributed by atoms with E-state index >= 15 is 0 Å². The van der Waals surface area contributed by atoms with Gasteiger partial charge in [0.15, 0.2) is 6.04 Å². The van der Waals surface area contributed by atoms with E-state index in [-0.39, 0.29) is 12.3 Å². The summed E-state index contributed by atoms with van der Waals surface area (Å²) in [5.74, 6) is -0.335. The van der Waals surface area contributed by atoms with Gasteiger partial charge in [0.2, 0.25) is 5.91 Å². The minimum atomic E-state index is -0.966. The zero-order chi connectivity index (χ0) is 17.0. The van der Waals surface area contributed by atoms with Gasteiger partial charge in [0.25, 0.3) is 0 Å². The van der Waals surface area contributed by atoms with E-state index in [1.807, 2.05) is 0 Å². The van der Waals surface area contributed by atoms with Crippen LogP contribution in [0, 0.1) is 0 Å². The van der Waals surface area contributed by atoms with Crippen LogP contribution in [0.5, 0.6) is 5.75 Å². The summed E-state index contributed by atoms with van der Waals surface area (Å²) in [6.07, 6.45) is 0.211. The predicted molar refractivity (Wildman–Crippen MR) is 84.5 cm³/mol. The number of carbonyl (C=O) groups excluding carboxylic acids is 2. The molecule has 1 aliphatic rings. The van der Waals surface area contributed by atoms with Crippen LogP contribution < -0.4 is 4.74 Å². The van der Waals surface area contributed by atoms with Crippen LogP contribution in [0.1, 0.15) is 18.4 Å². The SMILES string of the molecule is COC(=O)[C@@H]1[C@@H](O)CCCN1C(=O)Cc1cc(Cl)ccc1OC. The lowest BCUT2D eigenvalue weighted by Crippen LogP contribution is -2.55. The number of nitrogens with zero attached hydrogens (tertiary/aromatic N) is 1. The van der Waals surface area contributed by atoms with Crippen LogP contribution in [0.25, 0.3) is 0 Å². The van der Waals surface area contributed by atoms with Gasteiger partial charge in [-0.3, -0.25) is 4.79 Å². The second-order valence-electron chi connectivity index (χ2n) is 5.40. The highest BCUT2D eigenvalue weighted by Gasteiger charge is 2.39. The molecule has 1 aliphatic heterocycles. The summed E-state index contributed by atoms with van der Waals surface area (Å²) < 4.78 is 9.95. The van der Waals surface area contributed by atoms with Crippen molar-refractivity contribution in [1.29, 1.82) is 0 Å². The number of amides is 1. The van der Waals surface area contributed by atoms with Gasteiger partial charge in [-0.15, -0.1) is 0 Å². The number of benzene rings is 1. The van der Waals surface area contributed by atoms with E-state index in [1.54, 1.807) is 18.2 Å². The van der Waals surface area contributed by atoms with E-state index in [4.69, 9.17) is 21.1 Å². The molecule has 0 aromatic heterocycles. The fourth-order valence-electron chi connectivity index (χ4n) is 2.81. The zero-order valence-corrected chi connectivity index (χ0v) is 13.9. The highest BCUT2D eigenvalue weighted by atomic mass is 35.5. The summed E-state index contributed by atoms with van der Waals surface area (Å²) >= 11 is 5.97. The summed E-state index contributed by atoms with van der Waals surface area (Å²) in [6, 6.07) is 4.06. The quantitative estimate of drug-likeness (QED) is 0.838. The van der Waals surface area contributed by atoms with Crippen LogP contribution in [0.2, 0.25) is 5.02 Å². The minimum Gasteiger partial charge on any atom is -0.496 e. The predicted octanol–water partition coefficient (Wildman–Crippen LogP) is 1.42. The average Bonchev–Trinajstić information content (AvgIpc) is 2.54. The number of esters is 1. The molecule has 1 amide bonds. The smallest absolute Gasteiger partial charge is 0.331 e. The van der Waals surface area contributed by atoms with Crippen molar-refractivity contribution in [2.75, 3.05) is 20.8 Å². The maximum atomic E-state index is 12.6. The molecule has 23 heavy (non-hydrogen) atoms. The lowest BCUT2D eigenvalue weighted by atomic mass is 9.97. The summed E-state index contributed by atoms with van der Waals surface area (Å²) in [6.45, 7) is 0.401. The lowest BCUT2D eigenvalue weighted by Gasteiger charge is -2.37. The van der Waals surface area contributed by atoms with Gasteiger partial charge in [0.05, 0.1) is 26.7 Å². The maximum absolute atomic E-state index is 12.6. The van der Waals surface area contributed by atoms with Crippen molar-refractivity contribution < 1.29 is 24.2 Å². The summed E-state index contributed by atoms with van der Waals surface area (Å²) in [4.78, 5) is 25.9. The number of halogens is 1. The highest BCUT2D eigenvalue weighted by Crippen LogP contribution is 2.25. The number of carbonyl (C=O) groups is 2. The second kappa shape index (κ2) is 7.66. The molecule has 1 saturated heterocycles. The molecule has 1 heterocycles. The van der Waals surface area contributed by atoms with E-state index in [2.05, 4.69) is 0 Å². The molecule has 1 fully saturated rings. The van der Waals surface area contributed by atoms with E-state index < -0.39 is 18.1 Å². The van der Waals surface area contributed by atoms with Crippen LogP contribution in [-0.2, 0) is 20.7 Å². The molecule has 0 unspecified atom stereocenters. The molecule has 1 N–H and O–H groups in total. The van der Waals surface area contributed by atoms with Crippen LogP contribution in [0.3, 0.4) is 0 Å². The Morgan fingerprint density at radius 2 is 2.13 bits per heavy atom. The fraction of sp³-hybridized carbons (Fsp3) is 0.500. The third-order valence-electron chi connectivity index (χ3n) is 3.95. The first-order valence-electron chi connectivity index (χ1n) is 7.35. The first-order chi connectivity index (χ1) is 11.0. The van der Waals surface area contributed by atoms with Crippen LogP contribution in [-0.4, -0.2) is 54.8 Å². The Morgan fingerprint density at radius 3 is 2.78 bits per heavy atom. The molecular weight excluding hydrogens is 322 g/mol. The van der Waals surface area contributed by atoms with Gasteiger partial charge in [0, 0.05) is 17.1 Å². The molecule has 6 nitrogen and oxygen atoms in total. The molecular formula is C16H20ClNO5. The molecule has 1 aromatic carbocycles. The van der Waals surface area contributed by atoms with Gasteiger partial charge in [-0.1, -0.05) is 11.6 Å². The van der Waals surface area contributed by atoms with Crippen molar-refractivity contribution in [3.63, 3.8) is 0 Å². The summed E-state index contributed by atoms with van der Waals surface area (Å²) in [7, 11) is 2.76. The number of ether oxygens (including phenoxy) is 2. The van der Waals surface area contributed by atoms with Crippen LogP contribution in [0.4, 0.5) is 0 Å². The van der Waals surface area contributed by atoms with Gasteiger partial charge in [-0.05, 0) is 31.0 Å². The van der Waals surface area contributed by atoms with E-state index in [1.165, 1.54) is 19.1 Å². The van der Waals surface area contributed by atoms with E-state index in [0.29, 0.717) is 35.7 Å². The molecule has 126 valence electrons. The number of aliphatic hydroxyl groups excluding tert-OH is 1. The number of methoxy groups -OCH3 is 2. The van der Waals surface area contributed by atoms with Crippen molar-refractivity contribution >= 4 is 23.5 Å². The molecule has 1 aromatic rings. The molecule has 0 saturated carbocycles. The Balaban J connectivity index is 2.21. The largest absolute Gasteiger partial charge is 0.496 e. The Bertz CT molecular complexity index is 592. The van der Waals surface area contributed by atoms with Gasteiger partial charge >= 0.3 is 5.97 Å². The maximum Gasteiger partial charge on any atom is 0.331 e. The monoisotopic (exact) mass is 341 g/mol. The van der Waals surface area contributed by atoms with Crippen molar-refractivity contribution in [2.24, 2.45) is 0 Å². The lowest BCUT2D eigenvalue weighted by molar-refractivity contribution is -0.160. The van der Waals surface area contributed by atoms with Gasteiger partial charge < -0.3 is 19.5 Å². The van der Waals surface area contributed by atoms with Crippen molar-refractivity contribution in [3.8, 4) is 5.75 Å². The first kappa shape index (κ1) is 17.6. The average molecular weight is 342 g/mol. The van der Waals surface area contributed by atoms with Crippen LogP contribution >= 0.6 is 11.6 Å². The topological polar surface area (TPSA) is 76.1 Å². The number of hydrogen-bond donors (Lipinski definition) is 1. The number of piperidine rings is 1. The van der Waals surface area contributed by atoms with Crippen molar-refractivity contribution in [1.82, 2.24) is 4.90 Å². The normalized spacial score (nSPS) is 21.0. The number of aliphatic hydroxyl groups is 1. The molecule has 0 bridgehead atoms. The minimum absolute atomic E-state index is 0.0317. The van der Waals surface area contributed by atoms with E-state index in [9.17, 15) is 14.7 Å². The Morgan fingerprint density at radius 1 is 1.39 bits per heavy atom. The first-order valence-corrected chi connectivity index (χ1v) is 7.73. The Hall–Kier alpha value is -1.79. The Labute approximate surface area is 139 Å². The zero-order valence-electron chi connectivity index (χ0n) is 13.1. The third kappa shape index (κ3) is 3.95. The van der Waals surface area contributed by atoms with Gasteiger partial charge in [0.1, 0.15) is 5.75 Å². The molecule has 2 atom stereocenters. The van der Waals surface area contributed by atoms with Crippen molar-refractivity contribution in [2.45, 2.75) is 31.4 Å². The summed E-state index contributed by atoms with van der Waals surface area (Å²) in [5, 5.41) is 10.6. The standard InChI is InChI=1S/C16H20ClNO5/c1-22-13-6-5-11(17)8-10(13)9-14(20)18-7-3-4-12(19)15(18)16(21)23-2/h5-6,8,12,15,19H,3-4,7,9H2,1-2H3/t12-,15-/m0/s1. The number of rotatable bonds is 4. The van der Waals surface area contributed by atoms with Gasteiger partial charge in [-0.2, -0.15) is 0 Å². The number of hydrogen-bond acceptors (Lipinski definition) is 5. The van der Waals surface area contributed by atoms with E-state index in [0.717, 1.165) is 0 Å². The number of likely N-dealkylation sites (tertiary alicyclic amines) is 1. The summed E-state index contributed by atoms with van der Waals surface area (Å²) in [5.41, 5.74) is 0.633. The molecule has 0 spiro atoms. The Kier molecular flexibility index (Phi) is 5.85. The van der Waals surface area contributed by atoms with Crippen LogP contribution in [0.15, 0.2) is 18.2 Å².